The molecule has 2 rings (SSSR count). The SMILES string of the molecule is CC(C(N)=S)N1CCN(C(=O)CC2CCCO2)CC1. The van der Waals surface area contributed by atoms with Gasteiger partial charge in [0.2, 0.25) is 5.91 Å². The van der Waals surface area contributed by atoms with Gasteiger partial charge in [-0.2, -0.15) is 0 Å². The molecule has 0 spiro atoms. The molecule has 6 heteroatoms. The second-order valence-corrected chi connectivity index (χ2v) is 5.81. The number of ether oxygens (including phenoxy) is 1. The van der Waals surface area contributed by atoms with Crippen LogP contribution < -0.4 is 5.73 Å². The highest BCUT2D eigenvalue weighted by atomic mass is 32.1. The van der Waals surface area contributed by atoms with Crippen molar-refractivity contribution in [3.05, 3.63) is 0 Å². The zero-order valence-electron chi connectivity index (χ0n) is 11.5. The molecule has 2 heterocycles. The van der Waals surface area contributed by atoms with E-state index in [1.54, 1.807) is 0 Å². The molecule has 1 amide bonds. The maximum Gasteiger partial charge on any atom is 0.225 e. The number of amides is 1. The van der Waals surface area contributed by atoms with Crippen LogP contribution in [0, 0.1) is 0 Å². The van der Waals surface area contributed by atoms with Crippen LogP contribution in [0.15, 0.2) is 0 Å². The Balaban J connectivity index is 1.76. The summed E-state index contributed by atoms with van der Waals surface area (Å²) in [5, 5.41) is 0. The van der Waals surface area contributed by atoms with Crippen molar-refractivity contribution in [2.24, 2.45) is 5.73 Å². The molecule has 0 bridgehead atoms. The lowest BCUT2D eigenvalue weighted by Crippen LogP contribution is -2.54. The van der Waals surface area contributed by atoms with Crippen LogP contribution >= 0.6 is 12.2 Å². The zero-order valence-corrected chi connectivity index (χ0v) is 12.3. The largest absolute Gasteiger partial charge is 0.392 e. The molecule has 2 saturated heterocycles. The van der Waals surface area contributed by atoms with Crippen molar-refractivity contribution in [3.8, 4) is 0 Å². The van der Waals surface area contributed by atoms with Crippen LogP contribution in [-0.4, -0.2) is 65.6 Å². The van der Waals surface area contributed by atoms with Crippen molar-refractivity contribution in [3.63, 3.8) is 0 Å². The van der Waals surface area contributed by atoms with Gasteiger partial charge in [0.15, 0.2) is 0 Å². The van der Waals surface area contributed by atoms with E-state index in [-0.39, 0.29) is 18.1 Å². The van der Waals surface area contributed by atoms with E-state index in [0.29, 0.717) is 11.4 Å². The second-order valence-electron chi connectivity index (χ2n) is 5.33. The first-order chi connectivity index (χ1) is 9.08. The van der Waals surface area contributed by atoms with Crippen molar-refractivity contribution >= 4 is 23.1 Å². The van der Waals surface area contributed by atoms with Gasteiger partial charge in [-0.25, -0.2) is 0 Å². The molecule has 0 aromatic rings. The lowest BCUT2D eigenvalue weighted by atomic mass is 10.1. The molecule has 0 aliphatic carbocycles. The van der Waals surface area contributed by atoms with E-state index in [0.717, 1.165) is 45.6 Å². The molecule has 2 N–H and O–H groups in total. The van der Waals surface area contributed by atoms with Crippen LogP contribution in [0.4, 0.5) is 0 Å². The molecule has 2 aliphatic heterocycles. The van der Waals surface area contributed by atoms with E-state index in [9.17, 15) is 4.79 Å². The van der Waals surface area contributed by atoms with Gasteiger partial charge in [0, 0.05) is 32.8 Å². The quantitative estimate of drug-likeness (QED) is 0.757. The second kappa shape index (κ2) is 6.63. The van der Waals surface area contributed by atoms with Crippen LogP contribution in [0.1, 0.15) is 26.2 Å². The Kier molecular flexibility index (Phi) is 5.13. The van der Waals surface area contributed by atoms with E-state index < -0.39 is 0 Å². The first-order valence-corrected chi connectivity index (χ1v) is 7.41. The van der Waals surface area contributed by atoms with E-state index in [4.69, 9.17) is 22.7 Å². The monoisotopic (exact) mass is 285 g/mol. The highest BCUT2D eigenvalue weighted by Crippen LogP contribution is 2.17. The van der Waals surface area contributed by atoms with Crippen LogP contribution in [0.5, 0.6) is 0 Å². The summed E-state index contributed by atoms with van der Waals surface area (Å²) in [6.07, 6.45) is 2.77. The fraction of sp³-hybridized carbons (Fsp3) is 0.846. The molecule has 2 fully saturated rings. The fourth-order valence-electron chi connectivity index (χ4n) is 2.67. The Morgan fingerprint density at radius 1 is 1.42 bits per heavy atom. The summed E-state index contributed by atoms with van der Waals surface area (Å²) in [5.41, 5.74) is 5.66. The highest BCUT2D eigenvalue weighted by molar-refractivity contribution is 7.80. The first-order valence-electron chi connectivity index (χ1n) is 7.00. The molecule has 0 saturated carbocycles. The summed E-state index contributed by atoms with van der Waals surface area (Å²) in [4.78, 5) is 16.8. The molecule has 2 atom stereocenters. The molecular formula is C13H23N3O2S. The minimum absolute atomic E-state index is 0.116. The number of hydrogen-bond donors (Lipinski definition) is 1. The summed E-state index contributed by atoms with van der Waals surface area (Å²) < 4.78 is 5.51. The van der Waals surface area contributed by atoms with Crippen LogP contribution in [0.2, 0.25) is 0 Å². The lowest BCUT2D eigenvalue weighted by Gasteiger charge is -2.37. The van der Waals surface area contributed by atoms with Gasteiger partial charge in [-0.3, -0.25) is 9.69 Å². The van der Waals surface area contributed by atoms with Crippen molar-refractivity contribution < 1.29 is 9.53 Å². The van der Waals surface area contributed by atoms with E-state index in [1.807, 2.05) is 11.8 Å². The smallest absolute Gasteiger partial charge is 0.225 e. The summed E-state index contributed by atoms with van der Waals surface area (Å²) in [6, 6.07) is 0.116. The Hall–Kier alpha value is -0.720. The number of nitrogens with zero attached hydrogens (tertiary/aromatic N) is 2. The van der Waals surface area contributed by atoms with E-state index in [2.05, 4.69) is 4.90 Å². The predicted octanol–water partition coefficient (Wildman–Crippen LogP) is 0.374. The van der Waals surface area contributed by atoms with Gasteiger partial charge in [-0.1, -0.05) is 12.2 Å². The van der Waals surface area contributed by atoms with Gasteiger partial charge < -0.3 is 15.4 Å². The molecule has 19 heavy (non-hydrogen) atoms. The number of piperazine rings is 1. The number of rotatable bonds is 4. The molecule has 5 nitrogen and oxygen atoms in total. The molecule has 2 aliphatic rings. The number of carbonyl (C=O) groups excluding carboxylic acids is 1. The van der Waals surface area contributed by atoms with E-state index >= 15 is 0 Å². The first kappa shape index (κ1) is 14.7. The topological polar surface area (TPSA) is 58.8 Å². The van der Waals surface area contributed by atoms with Gasteiger partial charge in [0.25, 0.3) is 0 Å². The van der Waals surface area contributed by atoms with Crippen molar-refractivity contribution in [2.75, 3.05) is 32.8 Å². The number of carbonyl (C=O) groups is 1. The van der Waals surface area contributed by atoms with Crippen molar-refractivity contribution in [1.82, 2.24) is 9.80 Å². The Morgan fingerprint density at radius 3 is 2.63 bits per heavy atom. The van der Waals surface area contributed by atoms with Gasteiger partial charge >= 0.3 is 0 Å². The Labute approximate surface area is 120 Å². The molecule has 2 unspecified atom stereocenters. The minimum atomic E-state index is 0.116. The summed E-state index contributed by atoms with van der Waals surface area (Å²) >= 11 is 5.01. The van der Waals surface area contributed by atoms with Crippen LogP contribution in [-0.2, 0) is 9.53 Å². The van der Waals surface area contributed by atoms with Gasteiger partial charge in [-0.15, -0.1) is 0 Å². The minimum Gasteiger partial charge on any atom is -0.392 e. The standard InChI is InChI=1S/C13H23N3O2S/c1-10(13(14)19)15-4-6-16(7-5-15)12(17)9-11-3-2-8-18-11/h10-11H,2-9H2,1H3,(H2,14,19). The fourth-order valence-corrected chi connectivity index (χ4v) is 2.82. The van der Waals surface area contributed by atoms with Crippen molar-refractivity contribution in [2.45, 2.75) is 38.3 Å². The molecule has 0 radical (unpaired) electrons. The van der Waals surface area contributed by atoms with Gasteiger partial charge in [0.05, 0.1) is 23.6 Å². The average Bonchev–Trinajstić information content (AvgIpc) is 2.90. The number of nitrogens with two attached hydrogens (primary N) is 1. The van der Waals surface area contributed by atoms with Crippen LogP contribution in [0.25, 0.3) is 0 Å². The Bertz CT molecular complexity index is 337. The van der Waals surface area contributed by atoms with Crippen LogP contribution in [0.3, 0.4) is 0 Å². The molecule has 0 aromatic heterocycles. The summed E-state index contributed by atoms with van der Waals surface area (Å²) in [6.45, 7) is 6.03. The lowest BCUT2D eigenvalue weighted by molar-refractivity contribution is -0.135. The van der Waals surface area contributed by atoms with Gasteiger partial charge in [0.1, 0.15) is 0 Å². The van der Waals surface area contributed by atoms with Gasteiger partial charge in [-0.05, 0) is 19.8 Å². The zero-order chi connectivity index (χ0) is 13.8. The number of hydrogen-bond acceptors (Lipinski definition) is 4. The average molecular weight is 285 g/mol. The predicted molar refractivity (Wildman–Crippen MR) is 78.0 cm³/mol. The van der Waals surface area contributed by atoms with Crippen molar-refractivity contribution in [1.29, 1.82) is 0 Å². The third-order valence-electron chi connectivity index (χ3n) is 4.05. The maximum atomic E-state index is 12.1. The number of thiocarbonyl (C=S) groups is 1. The third kappa shape index (κ3) is 3.87. The molecule has 0 aromatic carbocycles. The summed E-state index contributed by atoms with van der Waals surface area (Å²) in [5.74, 6) is 0.217. The molecular weight excluding hydrogens is 262 g/mol. The maximum absolute atomic E-state index is 12.1. The molecule has 108 valence electrons. The summed E-state index contributed by atoms with van der Waals surface area (Å²) in [7, 11) is 0. The normalized spacial score (nSPS) is 26.4. The highest BCUT2D eigenvalue weighted by Gasteiger charge is 2.27. The third-order valence-corrected chi connectivity index (χ3v) is 4.39. The Morgan fingerprint density at radius 2 is 2.11 bits per heavy atom. The van der Waals surface area contributed by atoms with E-state index in [1.165, 1.54) is 0 Å².